The number of allylic oxidation sites excluding steroid dienone is 1. The molecule has 0 saturated heterocycles. The Balaban J connectivity index is 2.73. The van der Waals surface area contributed by atoms with Gasteiger partial charge in [0.05, 0.1) is 0 Å². The molecule has 1 atom stereocenters. The molecule has 1 aliphatic heterocycles. The summed E-state index contributed by atoms with van der Waals surface area (Å²) in [4.78, 5) is 11.4. The molecule has 2 heteroatoms. The van der Waals surface area contributed by atoms with E-state index in [1.807, 2.05) is 13.8 Å². The number of rotatable bonds is 5. The van der Waals surface area contributed by atoms with Gasteiger partial charge in [-0.25, -0.2) is 4.79 Å². The van der Waals surface area contributed by atoms with Crippen molar-refractivity contribution in [2.75, 3.05) is 0 Å². The van der Waals surface area contributed by atoms with E-state index in [0.29, 0.717) is 0 Å². The fraction of sp³-hybridized carbons (Fsp3) is 0.615. The maximum atomic E-state index is 11.4. The largest absolute Gasteiger partial charge is 0.454 e. The first-order valence-electron chi connectivity index (χ1n) is 5.61. The van der Waals surface area contributed by atoms with Crippen molar-refractivity contribution in [2.24, 2.45) is 0 Å². The minimum Gasteiger partial charge on any atom is -0.454 e. The van der Waals surface area contributed by atoms with E-state index in [2.05, 4.69) is 13.5 Å². The van der Waals surface area contributed by atoms with Crippen LogP contribution in [0.3, 0.4) is 0 Å². The number of unbranched alkanes of at least 4 members (excludes halogenated alkanes) is 1. The third-order valence-corrected chi connectivity index (χ3v) is 2.74. The summed E-state index contributed by atoms with van der Waals surface area (Å²) in [6.45, 7) is 9.88. The Kier molecular flexibility index (Phi) is 4.13. The van der Waals surface area contributed by atoms with Gasteiger partial charge in [0.1, 0.15) is 6.10 Å². The van der Waals surface area contributed by atoms with Crippen LogP contribution in [-0.4, -0.2) is 12.1 Å². The van der Waals surface area contributed by atoms with Gasteiger partial charge in [0.25, 0.3) is 0 Å². The Morgan fingerprint density at radius 1 is 1.53 bits per heavy atom. The molecule has 1 aliphatic rings. The molecule has 2 nitrogen and oxygen atoms in total. The first-order chi connectivity index (χ1) is 7.06. The van der Waals surface area contributed by atoms with Crippen LogP contribution in [0, 0.1) is 0 Å². The summed E-state index contributed by atoms with van der Waals surface area (Å²) in [5, 5.41) is 0. The quantitative estimate of drug-likeness (QED) is 0.511. The van der Waals surface area contributed by atoms with Crippen LogP contribution in [-0.2, 0) is 9.53 Å². The van der Waals surface area contributed by atoms with Gasteiger partial charge >= 0.3 is 5.97 Å². The zero-order valence-electron chi connectivity index (χ0n) is 9.93. The van der Waals surface area contributed by atoms with Crippen LogP contribution in [0.5, 0.6) is 0 Å². The number of hydrogen-bond donors (Lipinski definition) is 0. The molecule has 1 unspecified atom stereocenters. The Hall–Kier alpha value is -1.05. The predicted molar refractivity (Wildman–Crippen MR) is 61.5 cm³/mol. The molecule has 15 heavy (non-hydrogen) atoms. The molecule has 0 aromatic heterocycles. The molecule has 0 aliphatic carbocycles. The summed E-state index contributed by atoms with van der Waals surface area (Å²) < 4.78 is 5.34. The van der Waals surface area contributed by atoms with E-state index in [1.165, 1.54) is 0 Å². The fourth-order valence-corrected chi connectivity index (χ4v) is 1.86. The lowest BCUT2D eigenvalue weighted by Crippen LogP contribution is -2.11. The maximum Gasteiger partial charge on any atom is 0.334 e. The van der Waals surface area contributed by atoms with Crippen molar-refractivity contribution in [2.45, 2.75) is 52.6 Å². The first-order valence-corrected chi connectivity index (χ1v) is 5.61. The summed E-state index contributed by atoms with van der Waals surface area (Å²) >= 11 is 0. The van der Waals surface area contributed by atoms with Crippen LogP contribution >= 0.6 is 0 Å². The Morgan fingerprint density at radius 3 is 2.73 bits per heavy atom. The minimum absolute atomic E-state index is 0.00847. The predicted octanol–water partition coefficient (Wildman–Crippen LogP) is 3.38. The highest BCUT2D eigenvalue weighted by Crippen LogP contribution is 2.30. The zero-order valence-corrected chi connectivity index (χ0v) is 9.93. The molecule has 0 N–H and O–H groups in total. The molecule has 0 bridgehead atoms. The summed E-state index contributed by atoms with van der Waals surface area (Å²) in [7, 11) is 0. The normalized spacial score (nSPS) is 20.7. The maximum absolute atomic E-state index is 11.4. The van der Waals surface area contributed by atoms with Crippen LogP contribution in [0.25, 0.3) is 0 Å². The van der Waals surface area contributed by atoms with Crippen LogP contribution in [0.1, 0.15) is 46.5 Å². The summed E-state index contributed by atoms with van der Waals surface area (Å²) in [5.74, 6) is -0.146. The van der Waals surface area contributed by atoms with Crippen LogP contribution in [0.15, 0.2) is 23.3 Å². The van der Waals surface area contributed by atoms with E-state index in [1.54, 1.807) is 0 Å². The Bertz CT molecular complexity index is 300. The van der Waals surface area contributed by atoms with E-state index >= 15 is 0 Å². The second-order valence-corrected chi connectivity index (χ2v) is 4.32. The van der Waals surface area contributed by atoms with Gasteiger partial charge in [0.15, 0.2) is 0 Å². The molecule has 0 radical (unpaired) electrons. The molecule has 0 fully saturated rings. The van der Waals surface area contributed by atoms with E-state index in [9.17, 15) is 4.79 Å². The first kappa shape index (κ1) is 12.0. The third kappa shape index (κ3) is 2.95. The second-order valence-electron chi connectivity index (χ2n) is 4.32. The monoisotopic (exact) mass is 208 g/mol. The van der Waals surface area contributed by atoms with Crippen molar-refractivity contribution < 1.29 is 9.53 Å². The Morgan fingerprint density at radius 2 is 2.20 bits per heavy atom. The minimum atomic E-state index is -0.146. The summed E-state index contributed by atoms with van der Waals surface area (Å²) in [6, 6.07) is 0. The Labute approximate surface area is 92.0 Å². The van der Waals surface area contributed by atoms with Crippen molar-refractivity contribution in [3.63, 3.8) is 0 Å². The zero-order chi connectivity index (χ0) is 11.4. The average Bonchev–Trinajstić information content (AvgIpc) is 2.42. The van der Waals surface area contributed by atoms with E-state index in [0.717, 1.165) is 42.4 Å². The molecular weight excluding hydrogens is 188 g/mol. The van der Waals surface area contributed by atoms with Gasteiger partial charge in [-0.1, -0.05) is 25.5 Å². The number of carbonyl (C=O) groups excluding carboxylic acids is 1. The fourth-order valence-electron chi connectivity index (χ4n) is 1.86. The molecule has 84 valence electrons. The molecular formula is C13H20O2. The third-order valence-electron chi connectivity index (χ3n) is 2.74. The van der Waals surface area contributed by atoms with Gasteiger partial charge in [0, 0.05) is 5.57 Å². The SMILES string of the molecule is C=C(C)CC1=C(C)C(=O)OC1CCCC. The van der Waals surface area contributed by atoms with Crippen molar-refractivity contribution >= 4 is 5.97 Å². The number of hydrogen-bond acceptors (Lipinski definition) is 2. The van der Waals surface area contributed by atoms with Gasteiger partial charge in [-0.05, 0) is 38.7 Å². The topological polar surface area (TPSA) is 26.3 Å². The van der Waals surface area contributed by atoms with Crippen molar-refractivity contribution in [3.05, 3.63) is 23.3 Å². The summed E-state index contributed by atoms with van der Waals surface area (Å²) in [5.41, 5.74) is 3.02. The number of cyclic esters (lactones) is 1. The van der Waals surface area contributed by atoms with Gasteiger partial charge in [-0.2, -0.15) is 0 Å². The van der Waals surface area contributed by atoms with E-state index < -0.39 is 0 Å². The lowest BCUT2D eigenvalue weighted by molar-refractivity contribution is -0.139. The van der Waals surface area contributed by atoms with Gasteiger partial charge in [-0.3, -0.25) is 0 Å². The standard InChI is InChI=1S/C13H20O2/c1-5-6-7-12-11(8-9(2)3)10(4)13(14)15-12/h12H,2,5-8H2,1,3-4H3. The van der Waals surface area contributed by atoms with Crippen LogP contribution in [0.4, 0.5) is 0 Å². The van der Waals surface area contributed by atoms with E-state index in [-0.39, 0.29) is 12.1 Å². The molecule has 1 heterocycles. The summed E-state index contributed by atoms with van der Waals surface area (Å²) in [6.07, 6.45) is 3.99. The van der Waals surface area contributed by atoms with Crippen molar-refractivity contribution in [3.8, 4) is 0 Å². The van der Waals surface area contributed by atoms with Gasteiger partial charge in [-0.15, -0.1) is 0 Å². The molecule has 0 amide bonds. The van der Waals surface area contributed by atoms with Crippen LogP contribution < -0.4 is 0 Å². The second kappa shape index (κ2) is 5.15. The lowest BCUT2D eigenvalue weighted by atomic mass is 9.96. The van der Waals surface area contributed by atoms with Gasteiger partial charge < -0.3 is 4.74 Å². The highest BCUT2D eigenvalue weighted by molar-refractivity contribution is 5.91. The number of esters is 1. The lowest BCUT2D eigenvalue weighted by Gasteiger charge is -2.13. The molecule has 1 rings (SSSR count). The van der Waals surface area contributed by atoms with Crippen LogP contribution in [0.2, 0.25) is 0 Å². The smallest absolute Gasteiger partial charge is 0.334 e. The molecule has 0 spiro atoms. The molecule has 0 aromatic rings. The number of carbonyl (C=O) groups is 1. The highest BCUT2D eigenvalue weighted by Gasteiger charge is 2.30. The number of ether oxygens (including phenoxy) is 1. The molecule has 0 saturated carbocycles. The average molecular weight is 208 g/mol. The van der Waals surface area contributed by atoms with Gasteiger partial charge in [0.2, 0.25) is 0 Å². The highest BCUT2D eigenvalue weighted by atomic mass is 16.5. The van der Waals surface area contributed by atoms with Crippen molar-refractivity contribution in [1.29, 1.82) is 0 Å². The van der Waals surface area contributed by atoms with Crippen molar-refractivity contribution in [1.82, 2.24) is 0 Å². The van der Waals surface area contributed by atoms with E-state index in [4.69, 9.17) is 4.74 Å². The molecule has 0 aromatic carbocycles.